The van der Waals surface area contributed by atoms with Gasteiger partial charge < -0.3 is 18.9 Å². The fourth-order valence-electron chi connectivity index (χ4n) is 2.11. The van der Waals surface area contributed by atoms with Crippen LogP contribution in [0.2, 0.25) is 5.15 Å². The van der Waals surface area contributed by atoms with Crippen molar-refractivity contribution in [3.63, 3.8) is 0 Å². The molecule has 0 saturated heterocycles. The highest BCUT2D eigenvalue weighted by Gasteiger charge is 2.15. The molecule has 142 valence electrons. The Morgan fingerprint density at radius 1 is 1.52 bits per heavy atom. The van der Waals surface area contributed by atoms with Gasteiger partial charge in [0.1, 0.15) is 16.7 Å². The number of ether oxygens (including phenoxy) is 1. The van der Waals surface area contributed by atoms with Gasteiger partial charge in [0, 0.05) is 24.9 Å². The molecule has 1 N–H and O–H groups in total. The first-order valence-electron chi connectivity index (χ1n) is 7.45. The van der Waals surface area contributed by atoms with Gasteiger partial charge in [0.15, 0.2) is 6.61 Å². The third kappa shape index (κ3) is 5.65. The van der Waals surface area contributed by atoms with E-state index in [1.54, 1.807) is 6.07 Å². The third-order valence-corrected chi connectivity index (χ3v) is 4.23. The van der Waals surface area contributed by atoms with E-state index in [0.717, 1.165) is 6.07 Å². The molecule has 1 unspecified atom stereocenters. The Labute approximate surface area is 162 Å². The third-order valence-electron chi connectivity index (χ3n) is 3.38. The van der Waals surface area contributed by atoms with Crippen molar-refractivity contribution in [3.8, 4) is 18.1 Å². The van der Waals surface area contributed by atoms with Gasteiger partial charge in [-0.1, -0.05) is 17.5 Å². The molecule has 1 atom stereocenters. The number of hydrogen-bond acceptors (Lipinski definition) is 5. The molecule has 1 aromatic heterocycles. The Balaban J connectivity index is 2.00. The molecule has 0 aliphatic heterocycles. The van der Waals surface area contributed by atoms with E-state index in [1.165, 1.54) is 25.4 Å². The second-order valence-electron chi connectivity index (χ2n) is 5.21. The lowest BCUT2D eigenvalue weighted by Gasteiger charge is -2.23. The molecule has 0 aliphatic rings. The summed E-state index contributed by atoms with van der Waals surface area (Å²) in [4.78, 5) is 15.7. The number of carbonyl (C=O) groups is 1. The highest BCUT2D eigenvalue weighted by atomic mass is 35.5. The normalized spacial score (nSPS) is 11.4. The Morgan fingerprint density at radius 3 is 2.85 bits per heavy atom. The van der Waals surface area contributed by atoms with Crippen molar-refractivity contribution in [2.24, 2.45) is 0 Å². The van der Waals surface area contributed by atoms with Crippen molar-refractivity contribution >= 4 is 34.5 Å². The van der Waals surface area contributed by atoms with Crippen LogP contribution in [0, 0.1) is 18.2 Å². The summed E-state index contributed by atoms with van der Waals surface area (Å²) in [5, 5.41) is 2.85. The quantitative estimate of drug-likeness (QED) is 0.426. The second kappa shape index (κ2) is 9.32. The molecule has 0 radical (unpaired) electrons. The van der Waals surface area contributed by atoms with E-state index in [1.807, 2.05) is 0 Å². The van der Waals surface area contributed by atoms with Crippen LogP contribution in [-0.2, 0) is 22.6 Å². The largest absolute Gasteiger partial charge is 0.755 e. The predicted octanol–water partition coefficient (Wildman–Crippen LogP) is 1.78. The molecule has 0 saturated carbocycles. The molecule has 0 spiro atoms. The summed E-state index contributed by atoms with van der Waals surface area (Å²) in [6.45, 7) is -0.291. The van der Waals surface area contributed by atoms with Crippen LogP contribution < -0.4 is 14.4 Å². The van der Waals surface area contributed by atoms with Crippen LogP contribution in [-0.4, -0.2) is 33.3 Å². The summed E-state index contributed by atoms with van der Waals surface area (Å²) in [5.41, 5.74) is 0.185. The molecular weight excluding hydrogens is 397 g/mol. The first-order valence-corrected chi connectivity index (χ1v) is 8.86. The lowest BCUT2D eigenvalue weighted by atomic mass is 10.1. The Morgan fingerprint density at radius 2 is 2.26 bits per heavy atom. The number of benzene rings is 1. The number of pyridine rings is 1. The van der Waals surface area contributed by atoms with Crippen molar-refractivity contribution in [1.82, 2.24) is 10.3 Å². The fraction of sp³-hybridized carbons (Fsp3) is 0.176. The summed E-state index contributed by atoms with van der Waals surface area (Å²) in [6, 6.07) is 5.61. The minimum absolute atomic E-state index is 0.0167. The lowest BCUT2D eigenvalue weighted by Crippen LogP contribution is -2.28. The highest BCUT2D eigenvalue weighted by Crippen LogP contribution is 2.25. The van der Waals surface area contributed by atoms with Gasteiger partial charge in [-0.15, -0.1) is 6.42 Å². The van der Waals surface area contributed by atoms with Crippen LogP contribution in [0.3, 0.4) is 0 Å². The lowest BCUT2D eigenvalue weighted by molar-refractivity contribution is -0.123. The number of rotatable bonds is 7. The molecule has 27 heavy (non-hydrogen) atoms. The summed E-state index contributed by atoms with van der Waals surface area (Å²) >= 11 is 2.97. The Bertz CT molecular complexity index is 902. The predicted molar refractivity (Wildman–Crippen MR) is 98.2 cm³/mol. The van der Waals surface area contributed by atoms with Gasteiger partial charge in [-0.2, -0.15) is 0 Å². The standard InChI is InChI=1S/C17H15ClFN3O4S/c1-3-12-6-11(7-14(19)17(12)22(2)27(24)25)8-21-16(23)10-26-13-4-5-15(18)20-9-13/h1,4-7,9H,8,10H2,2H3,(H,21,23)(H,24,25)/p-1. The molecule has 1 amide bonds. The van der Waals surface area contributed by atoms with Gasteiger partial charge in [-0.3, -0.25) is 9.00 Å². The number of amides is 1. The Kier molecular flexibility index (Phi) is 7.12. The molecule has 1 heterocycles. The van der Waals surface area contributed by atoms with E-state index >= 15 is 0 Å². The minimum Gasteiger partial charge on any atom is -0.755 e. The van der Waals surface area contributed by atoms with Crippen molar-refractivity contribution in [1.29, 1.82) is 0 Å². The number of anilines is 1. The average molecular weight is 411 g/mol. The van der Waals surface area contributed by atoms with E-state index in [0.29, 0.717) is 20.8 Å². The zero-order valence-electron chi connectivity index (χ0n) is 14.1. The zero-order valence-corrected chi connectivity index (χ0v) is 15.6. The maximum Gasteiger partial charge on any atom is 0.258 e. The number of nitrogens with one attached hydrogen (secondary N) is 1. The van der Waals surface area contributed by atoms with Gasteiger partial charge in [-0.25, -0.2) is 9.37 Å². The van der Waals surface area contributed by atoms with E-state index in [2.05, 4.69) is 16.2 Å². The van der Waals surface area contributed by atoms with Crippen LogP contribution in [0.5, 0.6) is 5.75 Å². The van der Waals surface area contributed by atoms with Crippen LogP contribution in [0.15, 0.2) is 30.5 Å². The average Bonchev–Trinajstić information content (AvgIpc) is 2.64. The van der Waals surface area contributed by atoms with Gasteiger partial charge in [0.2, 0.25) is 0 Å². The molecule has 2 rings (SSSR count). The number of carbonyl (C=O) groups excluding carboxylic acids is 1. The molecule has 0 fully saturated rings. The molecule has 7 nitrogen and oxygen atoms in total. The number of hydrogen-bond donors (Lipinski definition) is 1. The van der Waals surface area contributed by atoms with E-state index in [9.17, 15) is 17.9 Å². The van der Waals surface area contributed by atoms with Gasteiger partial charge in [-0.05, 0) is 29.8 Å². The molecule has 2 aromatic rings. The van der Waals surface area contributed by atoms with Crippen molar-refractivity contribution in [2.75, 3.05) is 18.0 Å². The summed E-state index contributed by atoms with van der Waals surface area (Å²) in [6.07, 6.45) is 6.71. The van der Waals surface area contributed by atoms with Crippen molar-refractivity contribution < 1.29 is 22.7 Å². The summed E-state index contributed by atoms with van der Waals surface area (Å²) in [5.74, 6) is 1.35. The summed E-state index contributed by atoms with van der Waals surface area (Å²) < 4.78 is 42.3. The smallest absolute Gasteiger partial charge is 0.258 e. The van der Waals surface area contributed by atoms with Crippen LogP contribution in [0.4, 0.5) is 10.1 Å². The molecule has 10 heteroatoms. The monoisotopic (exact) mass is 410 g/mol. The summed E-state index contributed by atoms with van der Waals surface area (Å²) in [7, 11) is 1.17. The van der Waals surface area contributed by atoms with Gasteiger partial charge in [0.25, 0.3) is 5.91 Å². The maximum atomic E-state index is 14.3. The number of halogens is 2. The maximum absolute atomic E-state index is 14.3. The Hall–Kier alpha value is -2.67. The molecule has 0 aliphatic carbocycles. The van der Waals surface area contributed by atoms with Crippen molar-refractivity contribution in [3.05, 3.63) is 52.6 Å². The van der Waals surface area contributed by atoms with Crippen molar-refractivity contribution in [2.45, 2.75) is 6.54 Å². The van der Waals surface area contributed by atoms with Crippen LogP contribution in [0.1, 0.15) is 11.1 Å². The second-order valence-corrected chi connectivity index (χ2v) is 6.58. The van der Waals surface area contributed by atoms with E-state index < -0.39 is 23.0 Å². The van der Waals surface area contributed by atoms with E-state index in [4.69, 9.17) is 22.8 Å². The minimum atomic E-state index is -2.68. The zero-order chi connectivity index (χ0) is 20.0. The van der Waals surface area contributed by atoms with Gasteiger partial charge >= 0.3 is 0 Å². The fourth-order valence-corrected chi connectivity index (χ4v) is 2.56. The van der Waals surface area contributed by atoms with Crippen LogP contribution >= 0.6 is 11.6 Å². The van der Waals surface area contributed by atoms with E-state index in [-0.39, 0.29) is 24.4 Å². The van der Waals surface area contributed by atoms with Crippen LogP contribution in [0.25, 0.3) is 0 Å². The number of nitrogens with zero attached hydrogens (tertiary/aromatic N) is 2. The molecule has 1 aromatic carbocycles. The number of aromatic nitrogens is 1. The topological polar surface area (TPSA) is 94.6 Å². The number of terminal acetylenes is 1. The SMILES string of the molecule is C#Cc1cc(CNC(=O)COc2ccc(Cl)nc2)cc(F)c1N(C)S(=O)[O-]. The first-order chi connectivity index (χ1) is 12.8. The first kappa shape index (κ1) is 20.6. The molecular formula is C17H14ClFN3O4S-. The highest BCUT2D eigenvalue weighted by molar-refractivity contribution is 7.80. The van der Waals surface area contributed by atoms with Gasteiger partial charge in [0.05, 0.1) is 17.4 Å². The molecule has 0 bridgehead atoms.